The molecule has 0 aliphatic heterocycles. The molecular formula is C16H24INO. The second kappa shape index (κ2) is 7.60. The van der Waals surface area contributed by atoms with Crippen LogP contribution in [0.1, 0.15) is 31.2 Å². The zero-order valence-electron chi connectivity index (χ0n) is 11.8. The van der Waals surface area contributed by atoms with Gasteiger partial charge in [0, 0.05) is 23.8 Å². The molecule has 1 aliphatic rings. The lowest BCUT2D eigenvalue weighted by Gasteiger charge is -2.29. The molecule has 1 aromatic rings. The molecule has 106 valence electrons. The Morgan fingerprint density at radius 1 is 1.21 bits per heavy atom. The maximum atomic E-state index is 5.11. The van der Waals surface area contributed by atoms with Crippen molar-refractivity contribution >= 4 is 22.6 Å². The summed E-state index contributed by atoms with van der Waals surface area (Å²) < 4.78 is 6.43. The second-order valence-corrected chi connectivity index (χ2v) is 6.93. The first kappa shape index (κ1) is 15.3. The number of nitrogens with one attached hydrogen (secondary N) is 1. The third kappa shape index (κ3) is 4.72. The Kier molecular flexibility index (Phi) is 6.10. The van der Waals surface area contributed by atoms with Crippen molar-refractivity contribution in [1.29, 1.82) is 0 Å². The predicted molar refractivity (Wildman–Crippen MR) is 88.5 cm³/mol. The minimum absolute atomic E-state index is 0.473. The molecule has 0 radical (unpaired) electrons. The lowest BCUT2D eigenvalue weighted by molar-refractivity contribution is 0.190. The minimum Gasteiger partial charge on any atom is -0.383 e. The fourth-order valence-corrected chi connectivity index (χ4v) is 3.46. The van der Waals surface area contributed by atoms with E-state index in [-0.39, 0.29) is 0 Å². The van der Waals surface area contributed by atoms with Crippen LogP contribution in [0.3, 0.4) is 0 Å². The van der Waals surface area contributed by atoms with Gasteiger partial charge in [0.15, 0.2) is 0 Å². The molecule has 1 fully saturated rings. The fraction of sp³-hybridized carbons (Fsp3) is 0.625. The quantitative estimate of drug-likeness (QED) is 0.582. The first-order valence-corrected chi connectivity index (χ1v) is 8.26. The van der Waals surface area contributed by atoms with Gasteiger partial charge in [0.05, 0.1) is 6.61 Å². The lowest BCUT2D eigenvalue weighted by Crippen LogP contribution is -2.35. The summed E-state index contributed by atoms with van der Waals surface area (Å²) in [5.41, 5.74) is 1.96. The van der Waals surface area contributed by atoms with E-state index >= 15 is 0 Å². The van der Waals surface area contributed by atoms with Crippen LogP contribution in [0.2, 0.25) is 0 Å². The zero-order chi connectivity index (χ0) is 13.6. The highest BCUT2D eigenvalue weighted by Crippen LogP contribution is 2.40. The van der Waals surface area contributed by atoms with Crippen molar-refractivity contribution in [3.8, 4) is 0 Å². The van der Waals surface area contributed by atoms with Crippen molar-refractivity contribution in [2.75, 3.05) is 26.8 Å². The summed E-state index contributed by atoms with van der Waals surface area (Å²) in [7, 11) is 1.76. The highest BCUT2D eigenvalue weighted by Gasteiger charge is 2.33. The van der Waals surface area contributed by atoms with Crippen LogP contribution in [0.15, 0.2) is 24.3 Å². The highest BCUT2D eigenvalue weighted by atomic mass is 127. The Morgan fingerprint density at radius 2 is 1.89 bits per heavy atom. The molecule has 0 amide bonds. The Hall–Kier alpha value is -0.130. The van der Waals surface area contributed by atoms with E-state index in [1.807, 2.05) is 0 Å². The van der Waals surface area contributed by atoms with Crippen molar-refractivity contribution in [2.45, 2.75) is 32.1 Å². The topological polar surface area (TPSA) is 21.3 Å². The number of methoxy groups -OCH3 is 1. The molecule has 19 heavy (non-hydrogen) atoms. The molecule has 1 aliphatic carbocycles. The van der Waals surface area contributed by atoms with Gasteiger partial charge in [0.25, 0.3) is 0 Å². The third-order valence-corrected chi connectivity index (χ3v) is 4.86. The molecule has 0 saturated heterocycles. The van der Waals surface area contributed by atoms with Gasteiger partial charge in [0.2, 0.25) is 0 Å². The van der Waals surface area contributed by atoms with Crippen LogP contribution in [0.4, 0.5) is 0 Å². The number of benzene rings is 1. The van der Waals surface area contributed by atoms with Gasteiger partial charge < -0.3 is 10.1 Å². The molecule has 0 aromatic heterocycles. The third-order valence-electron chi connectivity index (χ3n) is 4.14. The standard InChI is InChI=1S/C16H24INO/c1-19-11-10-18-13-16(8-2-3-9-16)12-14-4-6-15(17)7-5-14/h4-7,18H,2-3,8-13H2,1H3. The summed E-state index contributed by atoms with van der Waals surface area (Å²) >= 11 is 2.37. The summed E-state index contributed by atoms with van der Waals surface area (Å²) in [5.74, 6) is 0. The van der Waals surface area contributed by atoms with Crippen LogP contribution in [0.25, 0.3) is 0 Å². The van der Waals surface area contributed by atoms with Gasteiger partial charge in [-0.2, -0.15) is 0 Å². The monoisotopic (exact) mass is 373 g/mol. The Morgan fingerprint density at radius 3 is 2.53 bits per heavy atom. The SMILES string of the molecule is COCCNCC1(Cc2ccc(I)cc2)CCCC1. The highest BCUT2D eigenvalue weighted by molar-refractivity contribution is 14.1. The van der Waals surface area contributed by atoms with Crippen LogP contribution in [0.5, 0.6) is 0 Å². The number of ether oxygens (including phenoxy) is 1. The predicted octanol–water partition coefficient (Wildman–Crippen LogP) is 3.63. The molecule has 2 nitrogen and oxygen atoms in total. The first-order valence-electron chi connectivity index (χ1n) is 7.18. The lowest BCUT2D eigenvalue weighted by atomic mass is 9.80. The number of rotatable bonds is 7. The van der Waals surface area contributed by atoms with Crippen molar-refractivity contribution in [3.63, 3.8) is 0 Å². The van der Waals surface area contributed by atoms with Gasteiger partial charge in [0.1, 0.15) is 0 Å². The van der Waals surface area contributed by atoms with E-state index < -0.39 is 0 Å². The summed E-state index contributed by atoms with van der Waals surface area (Å²) in [5, 5.41) is 3.57. The van der Waals surface area contributed by atoms with Gasteiger partial charge in [-0.05, 0) is 65.0 Å². The van der Waals surface area contributed by atoms with Gasteiger partial charge >= 0.3 is 0 Å². The van der Waals surface area contributed by atoms with Crippen LogP contribution in [-0.2, 0) is 11.2 Å². The van der Waals surface area contributed by atoms with E-state index in [0.717, 1.165) is 19.7 Å². The molecule has 0 unspecified atom stereocenters. The van der Waals surface area contributed by atoms with E-state index in [1.165, 1.54) is 41.2 Å². The van der Waals surface area contributed by atoms with Gasteiger partial charge in [-0.3, -0.25) is 0 Å². The number of halogens is 1. The summed E-state index contributed by atoms with van der Waals surface area (Å²) in [6.45, 7) is 2.90. The molecule has 1 aromatic carbocycles. The van der Waals surface area contributed by atoms with Crippen molar-refractivity contribution < 1.29 is 4.74 Å². The molecule has 0 spiro atoms. The molecule has 1 saturated carbocycles. The van der Waals surface area contributed by atoms with Gasteiger partial charge in [-0.1, -0.05) is 25.0 Å². The van der Waals surface area contributed by atoms with Crippen LogP contribution in [-0.4, -0.2) is 26.8 Å². The fourth-order valence-electron chi connectivity index (χ4n) is 3.10. The molecule has 0 bridgehead atoms. The molecule has 2 rings (SSSR count). The van der Waals surface area contributed by atoms with E-state index in [4.69, 9.17) is 4.74 Å². The first-order chi connectivity index (χ1) is 9.24. The Balaban J connectivity index is 1.93. The van der Waals surface area contributed by atoms with Crippen molar-refractivity contribution in [1.82, 2.24) is 5.32 Å². The Labute approximate surface area is 130 Å². The summed E-state index contributed by atoms with van der Waals surface area (Å²) in [4.78, 5) is 0. The number of hydrogen-bond acceptors (Lipinski definition) is 2. The Bertz CT molecular complexity index is 371. The molecule has 0 heterocycles. The van der Waals surface area contributed by atoms with Crippen LogP contribution < -0.4 is 5.32 Å². The van der Waals surface area contributed by atoms with Crippen molar-refractivity contribution in [3.05, 3.63) is 33.4 Å². The van der Waals surface area contributed by atoms with E-state index in [1.54, 1.807) is 7.11 Å². The normalized spacial score (nSPS) is 17.8. The summed E-state index contributed by atoms with van der Waals surface area (Å²) in [6, 6.07) is 9.02. The van der Waals surface area contributed by atoms with Gasteiger partial charge in [-0.25, -0.2) is 0 Å². The summed E-state index contributed by atoms with van der Waals surface area (Å²) in [6.07, 6.45) is 6.70. The maximum Gasteiger partial charge on any atom is 0.0587 e. The smallest absolute Gasteiger partial charge is 0.0587 e. The maximum absolute atomic E-state index is 5.11. The van der Waals surface area contributed by atoms with Crippen molar-refractivity contribution in [2.24, 2.45) is 5.41 Å². The van der Waals surface area contributed by atoms with E-state index in [0.29, 0.717) is 5.41 Å². The zero-order valence-corrected chi connectivity index (χ0v) is 13.9. The molecule has 0 atom stereocenters. The average molecular weight is 373 g/mol. The van der Waals surface area contributed by atoms with Crippen LogP contribution in [0, 0.1) is 8.99 Å². The van der Waals surface area contributed by atoms with Gasteiger partial charge in [-0.15, -0.1) is 0 Å². The second-order valence-electron chi connectivity index (χ2n) is 5.68. The molecule has 1 N–H and O–H groups in total. The average Bonchev–Trinajstić information content (AvgIpc) is 2.87. The minimum atomic E-state index is 0.473. The van der Waals surface area contributed by atoms with E-state index in [9.17, 15) is 0 Å². The number of hydrogen-bond donors (Lipinski definition) is 1. The largest absolute Gasteiger partial charge is 0.383 e. The molecule has 3 heteroatoms. The van der Waals surface area contributed by atoms with E-state index in [2.05, 4.69) is 52.2 Å². The molecular weight excluding hydrogens is 349 g/mol. The van der Waals surface area contributed by atoms with Crippen LogP contribution >= 0.6 is 22.6 Å².